The molecule has 3 heterocycles. The summed E-state index contributed by atoms with van der Waals surface area (Å²) in [6, 6.07) is 6.44. The minimum atomic E-state index is -0.900. The number of nitrogens with one attached hydrogen (secondary N) is 1. The van der Waals surface area contributed by atoms with Crippen molar-refractivity contribution < 1.29 is 19.1 Å². The van der Waals surface area contributed by atoms with E-state index >= 15 is 0 Å². The number of ketones is 2. The summed E-state index contributed by atoms with van der Waals surface area (Å²) in [6.45, 7) is 0. The van der Waals surface area contributed by atoms with Gasteiger partial charge in [0.25, 0.3) is 0 Å². The molecule has 7 nitrogen and oxygen atoms in total. The van der Waals surface area contributed by atoms with Crippen LogP contribution in [0.2, 0.25) is 0 Å². The third-order valence-corrected chi connectivity index (χ3v) is 5.28. The Balaban J connectivity index is 1.68. The zero-order valence-corrected chi connectivity index (χ0v) is 16.6. The van der Waals surface area contributed by atoms with Gasteiger partial charge in [0.15, 0.2) is 5.78 Å². The summed E-state index contributed by atoms with van der Waals surface area (Å²) >= 11 is 0. The Kier molecular flexibility index (Phi) is 4.56. The van der Waals surface area contributed by atoms with Gasteiger partial charge in [-0.25, -0.2) is 4.79 Å². The fourth-order valence-corrected chi connectivity index (χ4v) is 3.75. The summed E-state index contributed by atoms with van der Waals surface area (Å²) < 4.78 is 5.32. The molecule has 2 N–H and O–H groups in total. The Hall–Kier alpha value is -4.65. The van der Waals surface area contributed by atoms with Crippen molar-refractivity contribution in [3.63, 3.8) is 0 Å². The lowest BCUT2D eigenvalue weighted by molar-refractivity contribution is -0.114. The SMILES string of the molecule is O=C1C=CC(=O)C(N2C=CC(=C3C=CNC=C3)C=C2)=C1c1c(O)c2ccccc2oc1=O. The molecular weight excluding hydrogens is 408 g/mol. The Bertz CT molecular complexity index is 1430. The Labute approximate surface area is 182 Å². The molecule has 1 aromatic heterocycles. The van der Waals surface area contributed by atoms with Crippen LogP contribution in [0.25, 0.3) is 16.5 Å². The molecule has 156 valence electrons. The van der Waals surface area contributed by atoms with Gasteiger partial charge in [-0.1, -0.05) is 12.1 Å². The van der Waals surface area contributed by atoms with Crippen LogP contribution in [-0.2, 0) is 9.59 Å². The van der Waals surface area contributed by atoms with Crippen molar-refractivity contribution in [3.05, 3.63) is 118 Å². The lowest BCUT2D eigenvalue weighted by Crippen LogP contribution is -2.26. The minimum absolute atomic E-state index is 0.0386. The molecule has 2 aliphatic heterocycles. The average molecular weight is 424 g/mol. The van der Waals surface area contributed by atoms with Gasteiger partial charge < -0.3 is 19.7 Å². The van der Waals surface area contributed by atoms with Gasteiger partial charge in [-0.3, -0.25) is 9.59 Å². The van der Waals surface area contributed by atoms with E-state index in [0.717, 1.165) is 23.3 Å². The van der Waals surface area contributed by atoms with Crippen LogP contribution in [0.5, 0.6) is 5.75 Å². The van der Waals surface area contributed by atoms with Gasteiger partial charge in [0.05, 0.1) is 11.0 Å². The van der Waals surface area contributed by atoms with Gasteiger partial charge >= 0.3 is 5.63 Å². The van der Waals surface area contributed by atoms with Crippen LogP contribution in [0.3, 0.4) is 0 Å². The van der Waals surface area contributed by atoms with Gasteiger partial charge in [0.2, 0.25) is 5.78 Å². The van der Waals surface area contributed by atoms with Gasteiger partial charge in [-0.05, 0) is 59.7 Å². The van der Waals surface area contributed by atoms with Crippen LogP contribution in [0.4, 0.5) is 0 Å². The van der Waals surface area contributed by atoms with Crippen molar-refractivity contribution in [1.29, 1.82) is 0 Å². The molecule has 0 amide bonds. The number of hydrogen-bond donors (Lipinski definition) is 2. The van der Waals surface area contributed by atoms with Gasteiger partial charge in [-0.2, -0.15) is 0 Å². The number of rotatable bonds is 2. The highest BCUT2D eigenvalue weighted by molar-refractivity contribution is 6.36. The highest BCUT2D eigenvalue weighted by atomic mass is 16.4. The van der Waals surface area contributed by atoms with E-state index in [1.807, 2.05) is 12.2 Å². The Morgan fingerprint density at radius 2 is 1.47 bits per heavy atom. The Morgan fingerprint density at radius 1 is 0.812 bits per heavy atom. The highest BCUT2D eigenvalue weighted by Gasteiger charge is 2.32. The lowest BCUT2D eigenvalue weighted by Gasteiger charge is -2.25. The van der Waals surface area contributed by atoms with Crippen LogP contribution >= 0.6 is 0 Å². The lowest BCUT2D eigenvalue weighted by atomic mass is 9.92. The topological polar surface area (TPSA) is 99.8 Å². The van der Waals surface area contributed by atoms with Crippen LogP contribution in [0.15, 0.2) is 112 Å². The number of nitrogens with zero attached hydrogens (tertiary/aromatic N) is 1. The van der Waals surface area contributed by atoms with Gasteiger partial charge in [0.1, 0.15) is 22.6 Å². The number of carbonyl (C=O) groups excluding carboxylic acids is 2. The maximum atomic E-state index is 12.8. The van der Waals surface area contributed by atoms with Crippen LogP contribution < -0.4 is 10.9 Å². The fraction of sp³-hybridized carbons (Fsp3) is 0. The number of para-hydroxylation sites is 1. The van der Waals surface area contributed by atoms with E-state index in [9.17, 15) is 19.5 Å². The van der Waals surface area contributed by atoms with E-state index in [1.165, 1.54) is 11.0 Å². The number of dihydropyridines is 1. The number of aromatic hydroxyl groups is 1. The van der Waals surface area contributed by atoms with Crippen molar-refractivity contribution >= 4 is 28.1 Å². The molecule has 1 aromatic carbocycles. The largest absolute Gasteiger partial charge is 0.506 e. The van der Waals surface area contributed by atoms with Crippen LogP contribution in [0, 0.1) is 0 Å². The molecule has 1 aliphatic carbocycles. The summed E-state index contributed by atoms with van der Waals surface area (Å²) in [4.78, 5) is 39.9. The van der Waals surface area contributed by atoms with Gasteiger partial charge in [-0.15, -0.1) is 0 Å². The molecule has 0 spiro atoms. The normalized spacial score (nSPS) is 17.7. The first-order valence-electron chi connectivity index (χ1n) is 9.79. The van der Waals surface area contributed by atoms with Crippen molar-refractivity contribution in [2.24, 2.45) is 0 Å². The van der Waals surface area contributed by atoms with Crippen molar-refractivity contribution in [2.75, 3.05) is 0 Å². The van der Waals surface area contributed by atoms with Crippen molar-refractivity contribution in [2.45, 2.75) is 0 Å². The first-order chi connectivity index (χ1) is 15.5. The first-order valence-corrected chi connectivity index (χ1v) is 9.79. The molecule has 7 heteroatoms. The molecular formula is C25H16N2O5. The molecule has 3 aliphatic rings. The second-order valence-corrected chi connectivity index (χ2v) is 7.18. The van der Waals surface area contributed by atoms with Gasteiger partial charge in [0, 0.05) is 24.8 Å². The maximum absolute atomic E-state index is 12.8. The zero-order chi connectivity index (χ0) is 22.2. The molecule has 0 unspecified atom stereocenters. The van der Waals surface area contributed by atoms with E-state index in [0.29, 0.717) is 0 Å². The van der Waals surface area contributed by atoms with E-state index in [-0.39, 0.29) is 27.8 Å². The van der Waals surface area contributed by atoms with E-state index in [1.54, 1.807) is 55.2 Å². The zero-order valence-electron chi connectivity index (χ0n) is 16.6. The molecule has 0 saturated carbocycles. The highest BCUT2D eigenvalue weighted by Crippen LogP contribution is 2.35. The average Bonchev–Trinajstić information content (AvgIpc) is 2.82. The summed E-state index contributed by atoms with van der Waals surface area (Å²) in [5.41, 5.74) is 0.562. The number of hydrogen-bond acceptors (Lipinski definition) is 7. The van der Waals surface area contributed by atoms with Crippen molar-refractivity contribution in [1.82, 2.24) is 10.2 Å². The predicted molar refractivity (Wildman–Crippen MR) is 119 cm³/mol. The molecule has 0 radical (unpaired) electrons. The van der Waals surface area contributed by atoms with Crippen molar-refractivity contribution in [3.8, 4) is 5.75 Å². The molecule has 0 saturated heterocycles. The summed E-state index contributed by atoms with van der Waals surface area (Å²) in [6.07, 6.45) is 16.5. The number of allylic oxidation sites excluding steroid dienone is 9. The second kappa shape index (κ2) is 7.55. The summed E-state index contributed by atoms with van der Waals surface area (Å²) in [5.74, 6) is -1.45. The third-order valence-electron chi connectivity index (χ3n) is 5.28. The molecule has 0 atom stereocenters. The predicted octanol–water partition coefficient (Wildman–Crippen LogP) is 3.19. The maximum Gasteiger partial charge on any atom is 0.348 e. The quantitative estimate of drug-likeness (QED) is 0.564. The monoisotopic (exact) mass is 424 g/mol. The molecule has 5 rings (SSSR count). The first kappa shape index (κ1) is 19.3. The molecule has 32 heavy (non-hydrogen) atoms. The number of benzene rings is 1. The molecule has 0 fully saturated rings. The fourth-order valence-electron chi connectivity index (χ4n) is 3.75. The number of fused-ring (bicyclic) bond motifs is 1. The van der Waals surface area contributed by atoms with Crippen LogP contribution in [-0.4, -0.2) is 21.6 Å². The minimum Gasteiger partial charge on any atom is -0.506 e. The molecule has 2 aromatic rings. The summed E-state index contributed by atoms with van der Waals surface area (Å²) in [5, 5.41) is 14.1. The van der Waals surface area contributed by atoms with Crippen LogP contribution in [0.1, 0.15) is 5.56 Å². The number of carbonyl (C=O) groups is 2. The van der Waals surface area contributed by atoms with E-state index < -0.39 is 22.9 Å². The second-order valence-electron chi connectivity index (χ2n) is 7.18. The smallest absolute Gasteiger partial charge is 0.348 e. The third kappa shape index (κ3) is 3.13. The Morgan fingerprint density at radius 3 is 2.22 bits per heavy atom. The summed E-state index contributed by atoms with van der Waals surface area (Å²) in [7, 11) is 0. The standard InChI is InChI=1S/C25H16N2O5/c28-18-5-6-19(29)23(27-13-9-16(10-14-27)15-7-11-26-12-8-15)21(18)22-24(30)17-3-1-2-4-20(17)32-25(22)31/h1-14,26,30H. The molecule has 0 bridgehead atoms. The van der Waals surface area contributed by atoms with E-state index in [2.05, 4.69) is 5.32 Å². The van der Waals surface area contributed by atoms with E-state index in [4.69, 9.17) is 4.42 Å².